The number of fused-ring (bicyclic) bond motifs is 7. The molecule has 0 amide bonds. The van der Waals surface area contributed by atoms with E-state index in [4.69, 9.17) is 0 Å². The van der Waals surface area contributed by atoms with Crippen molar-refractivity contribution in [1.29, 1.82) is 10.5 Å². The third-order valence-corrected chi connectivity index (χ3v) is 9.78. The highest BCUT2D eigenvalue weighted by Crippen LogP contribution is 2.44. The second-order valence-electron chi connectivity index (χ2n) is 11.3. The maximum absolute atomic E-state index is 14.8. The van der Waals surface area contributed by atoms with Crippen LogP contribution in [0.1, 0.15) is 23.6 Å². The summed E-state index contributed by atoms with van der Waals surface area (Å²) in [4.78, 5) is 8.01. The smallest absolute Gasteiger partial charge is 0.206 e. The lowest BCUT2D eigenvalue weighted by molar-refractivity contribution is -0.142. The van der Waals surface area contributed by atoms with Crippen LogP contribution < -0.4 is 10.7 Å². The Morgan fingerprint density at radius 3 is 1.40 bits per heavy atom. The fourth-order valence-electron chi connectivity index (χ4n) is 6.56. The van der Waals surface area contributed by atoms with E-state index < -0.39 is 40.9 Å². The molecule has 0 aliphatic rings. The Morgan fingerprint density at radius 2 is 1.00 bits per heavy atom. The van der Waals surface area contributed by atoms with E-state index in [0.29, 0.717) is 59.4 Å². The van der Waals surface area contributed by atoms with Gasteiger partial charge in [-0.15, -0.1) is 11.3 Å². The van der Waals surface area contributed by atoms with Crippen LogP contribution in [0.5, 0.6) is 0 Å². The van der Waals surface area contributed by atoms with E-state index >= 15 is 0 Å². The number of benzene rings is 4. The van der Waals surface area contributed by atoms with Crippen molar-refractivity contribution in [2.45, 2.75) is 25.7 Å². The first-order valence-electron chi connectivity index (χ1n) is 14.5. The monoisotopic (exact) mass is 706 g/mol. The van der Waals surface area contributed by atoms with Crippen molar-refractivity contribution in [2.75, 3.05) is 0 Å². The molecule has 0 N–H and O–H groups in total. The number of nitriles is 2. The third-order valence-electron chi connectivity index (χ3n) is 8.58. The summed E-state index contributed by atoms with van der Waals surface area (Å²) in [6.45, 7) is 1.48. The number of halogens is 9. The summed E-state index contributed by atoms with van der Waals surface area (Å²) in [7, 11) is 0. The fraction of sp³-hybridized carbons (Fsp3) is 0.111. The first-order chi connectivity index (χ1) is 23.7. The van der Waals surface area contributed by atoms with Gasteiger partial charge < -0.3 is 0 Å². The molecule has 0 unspecified atom stereocenters. The van der Waals surface area contributed by atoms with Crippen molar-refractivity contribution in [3.8, 4) is 34.6 Å². The molecular weight excluding hydrogens is 691 g/mol. The Balaban J connectivity index is 1.48. The maximum atomic E-state index is 14.8. The molecule has 50 heavy (non-hydrogen) atoms. The van der Waals surface area contributed by atoms with Gasteiger partial charge in [0.1, 0.15) is 33.7 Å². The summed E-state index contributed by atoms with van der Waals surface area (Å²) in [5.41, 5.74) is -3.05. The van der Waals surface area contributed by atoms with Gasteiger partial charge in [-0.25, -0.2) is 13.2 Å². The fourth-order valence-corrected chi connectivity index (χ4v) is 7.89. The molecular formula is C36H15F9N4S. The van der Waals surface area contributed by atoms with Gasteiger partial charge in [0.2, 0.25) is 12.4 Å². The quantitative estimate of drug-likeness (QED) is 0.136. The minimum absolute atomic E-state index is 0.0778. The van der Waals surface area contributed by atoms with Crippen molar-refractivity contribution in [2.24, 2.45) is 9.98 Å². The maximum Gasteiger partial charge on any atom is 0.422 e. The Morgan fingerprint density at radius 1 is 0.580 bits per heavy atom. The van der Waals surface area contributed by atoms with Gasteiger partial charge in [0.25, 0.3) is 0 Å². The number of thiophene rings is 1. The summed E-state index contributed by atoms with van der Waals surface area (Å²) in [5, 5.41) is 22.7. The molecule has 248 valence electrons. The molecule has 0 radical (unpaired) electrons. The Bertz CT molecular complexity index is 2760. The lowest BCUT2D eigenvalue weighted by Crippen LogP contribution is -2.12. The number of nitrogens with zero attached hydrogens (tertiary/aromatic N) is 4. The standard InChI is InChI=1S/C36H15F9N4S/c1-2-15-7-18(10-24(37)29(15)35(40,41)42)16-3-5-20-22(8-16)31(48-13-46)33-27(20)28-21-6-4-17(9-23(21)32(49-14-47)34(28)50-33)19-11-25(38)30(26(39)12-19)36(43,44)45/h3-12H,2H2,1H3. The lowest BCUT2D eigenvalue weighted by Gasteiger charge is -2.15. The summed E-state index contributed by atoms with van der Waals surface area (Å²) in [5.74, 6) is -5.00. The molecule has 4 nitrogen and oxygen atoms in total. The van der Waals surface area contributed by atoms with Crippen LogP contribution in [0.3, 0.4) is 0 Å². The molecule has 7 aromatic rings. The van der Waals surface area contributed by atoms with Crippen LogP contribution in [0, 0.1) is 40.4 Å². The Labute approximate surface area is 278 Å². The van der Waals surface area contributed by atoms with Gasteiger partial charge in [-0.3, -0.25) is 0 Å². The van der Waals surface area contributed by atoms with Crippen molar-refractivity contribution >= 4 is 53.1 Å². The number of hydrogen-bond donors (Lipinski definition) is 0. The number of rotatable bonds is 3. The minimum Gasteiger partial charge on any atom is -0.206 e. The first kappa shape index (κ1) is 32.8. The third kappa shape index (κ3) is 4.98. The predicted molar refractivity (Wildman–Crippen MR) is 169 cm³/mol. The van der Waals surface area contributed by atoms with E-state index in [0.717, 1.165) is 17.4 Å². The summed E-state index contributed by atoms with van der Waals surface area (Å²) in [6.07, 6.45) is -6.71. The average molecular weight is 707 g/mol. The zero-order valence-electron chi connectivity index (χ0n) is 25.1. The average Bonchev–Trinajstić information content (AvgIpc) is 3.65. The molecule has 0 bridgehead atoms. The number of hydrogen-bond acceptors (Lipinski definition) is 5. The summed E-state index contributed by atoms with van der Waals surface area (Å²) in [6, 6.07) is 12.6. The van der Waals surface area contributed by atoms with Crippen molar-refractivity contribution in [3.63, 3.8) is 0 Å². The molecule has 7 rings (SSSR count). The van der Waals surface area contributed by atoms with Gasteiger partial charge in [0, 0.05) is 21.5 Å². The van der Waals surface area contributed by atoms with Crippen molar-refractivity contribution in [3.05, 3.63) is 106 Å². The van der Waals surface area contributed by atoms with Crippen LogP contribution in [0.15, 0.2) is 70.6 Å². The zero-order chi connectivity index (χ0) is 35.9. The lowest BCUT2D eigenvalue weighted by atomic mass is 9.95. The van der Waals surface area contributed by atoms with Gasteiger partial charge in [0.15, 0.2) is 0 Å². The Kier molecular flexibility index (Phi) is 7.49. The van der Waals surface area contributed by atoms with Gasteiger partial charge >= 0.3 is 12.4 Å². The second-order valence-corrected chi connectivity index (χ2v) is 12.3. The summed E-state index contributed by atoms with van der Waals surface area (Å²) >= 11 is 1.15. The minimum atomic E-state index is -5.25. The van der Waals surface area contributed by atoms with E-state index in [2.05, 4.69) is 9.98 Å². The molecule has 0 aliphatic carbocycles. The van der Waals surface area contributed by atoms with Crippen LogP contribution in [-0.4, -0.2) is 0 Å². The molecule has 1 aromatic heterocycles. The van der Waals surface area contributed by atoms with Gasteiger partial charge in [-0.2, -0.15) is 46.9 Å². The molecule has 0 saturated heterocycles. The molecule has 1 heterocycles. The first-order valence-corrected chi connectivity index (χ1v) is 15.4. The highest BCUT2D eigenvalue weighted by atomic mass is 32.1. The molecule has 14 heteroatoms. The van der Waals surface area contributed by atoms with E-state index in [1.54, 1.807) is 36.7 Å². The summed E-state index contributed by atoms with van der Waals surface area (Å²) < 4.78 is 125. The largest absolute Gasteiger partial charge is 0.422 e. The van der Waals surface area contributed by atoms with E-state index in [1.807, 2.05) is 0 Å². The topological polar surface area (TPSA) is 72.3 Å². The van der Waals surface area contributed by atoms with Crippen LogP contribution >= 0.6 is 11.3 Å². The Hall–Kier alpha value is -5.73. The van der Waals surface area contributed by atoms with E-state index in [1.165, 1.54) is 25.1 Å². The zero-order valence-corrected chi connectivity index (χ0v) is 25.9. The van der Waals surface area contributed by atoms with Gasteiger partial charge in [-0.1, -0.05) is 37.3 Å². The highest BCUT2D eigenvalue weighted by Gasteiger charge is 2.38. The molecule has 0 atom stereocenters. The second kappa shape index (κ2) is 11.4. The predicted octanol–water partition coefficient (Wildman–Crippen LogP) is 10.4. The van der Waals surface area contributed by atoms with Gasteiger partial charge in [-0.05, 0) is 75.3 Å². The van der Waals surface area contributed by atoms with Crippen molar-refractivity contribution < 1.29 is 39.5 Å². The van der Waals surface area contributed by atoms with Crippen LogP contribution in [-0.2, 0) is 18.8 Å². The molecule has 0 fully saturated rings. The van der Waals surface area contributed by atoms with E-state index in [-0.39, 0.29) is 39.4 Å². The highest BCUT2D eigenvalue weighted by molar-refractivity contribution is 7.26. The van der Waals surface area contributed by atoms with Crippen molar-refractivity contribution in [1.82, 2.24) is 0 Å². The van der Waals surface area contributed by atoms with E-state index in [9.17, 15) is 50.0 Å². The molecule has 0 saturated carbocycles. The number of aryl methyl sites for hydroxylation is 1. The molecule has 0 spiro atoms. The molecule has 0 aliphatic heterocycles. The van der Waals surface area contributed by atoms with Crippen LogP contribution in [0.2, 0.25) is 0 Å². The normalized spacial score (nSPS) is 13.3. The number of alkyl halides is 6. The van der Waals surface area contributed by atoms with Gasteiger partial charge in [0.05, 0.1) is 15.0 Å². The van der Waals surface area contributed by atoms with Crippen LogP contribution in [0.25, 0.3) is 64.0 Å². The van der Waals surface area contributed by atoms with Crippen LogP contribution in [0.4, 0.5) is 39.5 Å². The molecule has 6 aromatic carbocycles. The SMILES string of the molecule is CCc1cc(-c2ccc3c(c2)c(=NC#N)c2sc4c(=NC#N)c5cc(-c6cc(F)c(C(F)(F)F)c(F)c6)ccc5c4c23)cc(F)c1C(F)(F)F.